The lowest BCUT2D eigenvalue weighted by Gasteiger charge is -2.21. The van der Waals surface area contributed by atoms with E-state index < -0.39 is 6.10 Å². The highest BCUT2D eigenvalue weighted by atomic mass is 16.5. The third kappa shape index (κ3) is 6.89. The van der Waals surface area contributed by atoms with Crippen molar-refractivity contribution in [1.29, 1.82) is 0 Å². The molecule has 0 saturated carbocycles. The first kappa shape index (κ1) is 19.5. The lowest BCUT2D eigenvalue weighted by molar-refractivity contribution is 0.136. The van der Waals surface area contributed by atoms with Crippen molar-refractivity contribution in [1.82, 2.24) is 5.32 Å². The average molecular weight is 341 g/mol. The molecule has 0 aliphatic rings. The first-order valence-electron chi connectivity index (χ1n) is 9.28. The predicted molar refractivity (Wildman–Crippen MR) is 104 cm³/mol. The van der Waals surface area contributed by atoms with E-state index >= 15 is 0 Å². The normalized spacial score (nSPS) is 13.6. The van der Waals surface area contributed by atoms with Crippen LogP contribution in [0.5, 0.6) is 5.75 Å². The summed E-state index contributed by atoms with van der Waals surface area (Å²) in [6.45, 7) is 6.96. The molecule has 25 heavy (non-hydrogen) atoms. The minimum absolute atomic E-state index is 0.0218. The summed E-state index contributed by atoms with van der Waals surface area (Å²) >= 11 is 0. The molecule has 136 valence electrons. The van der Waals surface area contributed by atoms with Crippen LogP contribution in [0, 0.1) is 0 Å². The van der Waals surface area contributed by atoms with E-state index in [9.17, 15) is 5.11 Å². The van der Waals surface area contributed by atoms with Gasteiger partial charge in [-0.05, 0) is 69.8 Å². The number of hydrogen-bond donors (Lipinski definition) is 2. The van der Waals surface area contributed by atoms with Crippen molar-refractivity contribution < 1.29 is 9.84 Å². The van der Waals surface area contributed by atoms with E-state index in [2.05, 4.69) is 35.6 Å². The molecule has 0 unspecified atom stereocenters. The number of unbranched alkanes of at least 4 members (excludes halogenated alkanes) is 1. The number of aliphatic hydroxyl groups excluding tert-OH is 1. The van der Waals surface area contributed by atoms with Gasteiger partial charge in [-0.2, -0.15) is 0 Å². The van der Waals surface area contributed by atoms with Crippen molar-refractivity contribution in [3.05, 3.63) is 65.7 Å². The maximum absolute atomic E-state index is 10.5. The first-order chi connectivity index (χ1) is 12.1. The van der Waals surface area contributed by atoms with E-state index in [1.807, 2.05) is 45.0 Å². The minimum atomic E-state index is -0.512. The van der Waals surface area contributed by atoms with Gasteiger partial charge in [0, 0.05) is 6.04 Å². The van der Waals surface area contributed by atoms with Crippen LogP contribution >= 0.6 is 0 Å². The molecule has 2 N–H and O–H groups in total. The summed E-state index contributed by atoms with van der Waals surface area (Å²) in [4.78, 5) is 0. The van der Waals surface area contributed by atoms with Gasteiger partial charge in [0.05, 0.1) is 12.2 Å². The predicted octanol–water partition coefficient (Wildman–Crippen LogP) is 4.51. The molecule has 3 heteroatoms. The van der Waals surface area contributed by atoms with E-state index in [0.717, 1.165) is 37.1 Å². The lowest BCUT2D eigenvalue weighted by atomic mass is 10.0. The Balaban J connectivity index is 1.69. The maximum atomic E-state index is 10.5. The Bertz CT molecular complexity index is 595. The summed E-state index contributed by atoms with van der Waals surface area (Å²) < 4.78 is 5.64. The van der Waals surface area contributed by atoms with E-state index in [1.54, 1.807) is 0 Å². The van der Waals surface area contributed by atoms with Crippen LogP contribution in [0.3, 0.4) is 0 Å². The fourth-order valence-electron chi connectivity index (χ4n) is 2.84. The number of hydrogen-bond acceptors (Lipinski definition) is 3. The molecule has 2 rings (SSSR count). The average Bonchev–Trinajstić information content (AvgIpc) is 2.61. The Hall–Kier alpha value is -1.84. The van der Waals surface area contributed by atoms with E-state index in [1.165, 1.54) is 5.56 Å². The second kappa shape index (κ2) is 10.2. The molecular formula is C22H31NO2. The number of aliphatic hydroxyl groups is 1. The lowest BCUT2D eigenvalue weighted by Crippen LogP contribution is -2.32. The fraction of sp³-hybridized carbons (Fsp3) is 0.455. The zero-order chi connectivity index (χ0) is 18.1. The van der Waals surface area contributed by atoms with Crippen LogP contribution in [0.2, 0.25) is 0 Å². The molecule has 2 atom stereocenters. The third-order valence-corrected chi connectivity index (χ3v) is 4.27. The summed E-state index contributed by atoms with van der Waals surface area (Å²) in [5.41, 5.74) is 2.31. The monoisotopic (exact) mass is 341 g/mol. The molecule has 0 aliphatic heterocycles. The molecule has 2 aromatic rings. The highest BCUT2D eigenvalue weighted by molar-refractivity contribution is 5.29. The summed E-state index contributed by atoms with van der Waals surface area (Å²) in [5.74, 6) is 0.840. The van der Waals surface area contributed by atoms with Gasteiger partial charge in [-0.3, -0.25) is 0 Å². The number of rotatable bonds is 10. The van der Waals surface area contributed by atoms with Crippen molar-refractivity contribution in [3.63, 3.8) is 0 Å². The second-order valence-electron chi connectivity index (χ2n) is 6.87. The second-order valence-corrected chi connectivity index (χ2v) is 6.87. The topological polar surface area (TPSA) is 41.5 Å². The molecule has 0 radical (unpaired) electrons. The van der Waals surface area contributed by atoms with Crippen molar-refractivity contribution in [2.75, 3.05) is 6.54 Å². The van der Waals surface area contributed by atoms with Gasteiger partial charge >= 0.3 is 0 Å². The molecular weight excluding hydrogens is 310 g/mol. The highest BCUT2D eigenvalue weighted by Crippen LogP contribution is 2.21. The smallest absolute Gasteiger partial charge is 0.119 e. The van der Waals surface area contributed by atoms with Gasteiger partial charge in [-0.25, -0.2) is 0 Å². The number of nitrogens with one attached hydrogen (secondary N) is 1. The van der Waals surface area contributed by atoms with Crippen LogP contribution in [0.15, 0.2) is 54.6 Å². The molecule has 0 amide bonds. The minimum Gasteiger partial charge on any atom is -0.491 e. The fourth-order valence-corrected chi connectivity index (χ4v) is 2.84. The molecule has 0 spiro atoms. The van der Waals surface area contributed by atoms with Gasteiger partial charge in [0.1, 0.15) is 5.75 Å². The number of benzene rings is 2. The van der Waals surface area contributed by atoms with Gasteiger partial charge < -0.3 is 15.2 Å². The molecule has 0 fully saturated rings. The zero-order valence-corrected chi connectivity index (χ0v) is 15.6. The molecule has 0 heterocycles. The standard InChI is InChI=1S/C22H31NO2/c1-17(2)25-21-14-12-20(13-15-21)22(24)18(3)23-16-8-7-11-19-9-5-4-6-10-19/h4-6,9-10,12-15,17-18,22-24H,7-8,11,16H2,1-3H3/t18-,22-/m0/s1. The number of ether oxygens (including phenoxy) is 1. The molecule has 0 aliphatic carbocycles. The van der Waals surface area contributed by atoms with Crippen LogP contribution in [-0.4, -0.2) is 23.8 Å². The van der Waals surface area contributed by atoms with Crippen LogP contribution in [0.4, 0.5) is 0 Å². The Labute approximate surface area is 152 Å². The number of aryl methyl sites for hydroxylation is 1. The molecule has 0 saturated heterocycles. The molecule has 0 aromatic heterocycles. The van der Waals surface area contributed by atoms with Gasteiger partial charge in [0.15, 0.2) is 0 Å². The highest BCUT2D eigenvalue weighted by Gasteiger charge is 2.15. The summed E-state index contributed by atoms with van der Waals surface area (Å²) in [5, 5.41) is 13.9. The van der Waals surface area contributed by atoms with Crippen LogP contribution in [0.1, 0.15) is 50.8 Å². The quantitative estimate of drug-likeness (QED) is 0.625. The van der Waals surface area contributed by atoms with E-state index in [4.69, 9.17) is 4.74 Å². The summed E-state index contributed by atoms with van der Waals surface area (Å²) in [6, 6.07) is 18.3. The summed E-state index contributed by atoms with van der Waals surface area (Å²) in [6.07, 6.45) is 3.01. The first-order valence-corrected chi connectivity index (χ1v) is 9.28. The van der Waals surface area contributed by atoms with Crippen LogP contribution in [-0.2, 0) is 6.42 Å². The maximum Gasteiger partial charge on any atom is 0.119 e. The van der Waals surface area contributed by atoms with Crippen molar-refractivity contribution >= 4 is 0 Å². The Morgan fingerprint density at radius 3 is 2.24 bits per heavy atom. The van der Waals surface area contributed by atoms with Gasteiger partial charge in [-0.1, -0.05) is 42.5 Å². The zero-order valence-electron chi connectivity index (χ0n) is 15.6. The molecule has 3 nitrogen and oxygen atoms in total. The van der Waals surface area contributed by atoms with Crippen molar-refractivity contribution in [2.24, 2.45) is 0 Å². The van der Waals surface area contributed by atoms with Gasteiger partial charge in [-0.15, -0.1) is 0 Å². The SMILES string of the molecule is CC(C)Oc1ccc([C@@H](O)[C@H](C)NCCCCc2ccccc2)cc1. The van der Waals surface area contributed by atoms with Crippen LogP contribution < -0.4 is 10.1 Å². The van der Waals surface area contributed by atoms with E-state index in [0.29, 0.717) is 0 Å². The van der Waals surface area contributed by atoms with Crippen molar-refractivity contribution in [3.8, 4) is 5.75 Å². The molecule has 0 bridgehead atoms. The largest absolute Gasteiger partial charge is 0.491 e. The Morgan fingerprint density at radius 1 is 0.920 bits per heavy atom. The summed E-state index contributed by atoms with van der Waals surface area (Å²) in [7, 11) is 0. The van der Waals surface area contributed by atoms with Crippen LogP contribution in [0.25, 0.3) is 0 Å². The van der Waals surface area contributed by atoms with Crippen molar-refractivity contribution in [2.45, 2.75) is 58.3 Å². The third-order valence-electron chi connectivity index (χ3n) is 4.27. The van der Waals surface area contributed by atoms with Gasteiger partial charge in [0.25, 0.3) is 0 Å². The van der Waals surface area contributed by atoms with Gasteiger partial charge in [0.2, 0.25) is 0 Å². The van der Waals surface area contributed by atoms with E-state index in [-0.39, 0.29) is 12.1 Å². The molecule has 2 aromatic carbocycles. The Morgan fingerprint density at radius 2 is 1.60 bits per heavy atom. The Kier molecular flexibility index (Phi) is 7.96.